The molecule has 0 bridgehead atoms. The van der Waals surface area contributed by atoms with Gasteiger partial charge >= 0.3 is 0 Å². The number of rotatable bonds is 8. The van der Waals surface area contributed by atoms with E-state index in [9.17, 15) is 5.11 Å². The fraction of sp³-hybridized carbons (Fsp3) is 1.00. The zero-order valence-corrected chi connectivity index (χ0v) is 9.45. The Morgan fingerprint density at radius 2 is 1.86 bits per heavy atom. The van der Waals surface area contributed by atoms with Gasteiger partial charge in [-0.15, -0.1) is 0 Å². The lowest BCUT2D eigenvalue weighted by atomic mass is 9.99. The molecule has 0 aliphatic heterocycles. The Morgan fingerprint density at radius 3 is 2.29 bits per heavy atom. The van der Waals surface area contributed by atoms with E-state index in [1.165, 1.54) is 0 Å². The Kier molecular flexibility index (Phi) is 7.09. The lowest BCUT2D eigenvalue weighted by Gasteiger charge is -2.25. The molecule has 14 heavy (non-hydrogen) atoms. The summed E-state index contributed by atoms with van der Waals surface area (Å²) in [6.45, 7) is 6.99. The molecule has 0 aliphatic carbocycles. The van der Waals surface area contributed by atoms with Crippen molar-refractivity contribution in [1.29, 1.82) is 0 Å². The highest BCUT2D eigenvalue weighted by Gasteiger charge is 2.22. The van der Waals surface area contributed by atoms with Crippen molar-refractivity contribution in [2.75, 3.05) is 19.8 Å². The minimum Gasteiger partial charge on any atom is -0.388 e. The Labute approximate surface area is 86.4 Å². The summed E-state index contributed by atoms with van der Waals surface area (Å²) >= 11 is 0. The van der Waals surface area contributed by atoms with Gasteiger partial charge in [0.05, 0.1) is 18.8 Å². The predicted octanol–water partition coefficient (Wildman–Crippen LogP) is 0.875. The molecule has 4 nitrogen and oxygen atoms in total. The second kappa shape index (κ2) is 7.17. The number of ether oxygens (including phenoxy) is 2. The molecule has 0 aliphatic rings. The fourth-order valence-electron chi connectivity index (χ4n) is 1.08. The summed E-state index contributed by atoms with van der Waals surface area (Å²) in [6.07, 6.45) is 0.985. The van der Waals surface area contributed by atoms with Crippen molar-refractivity contribution < 1.29 is 14.6 Å². The molecule has 0 saturated heterocycles. The van der Waals surface area contributed by atoms with Gasteiger partial charge in [-0.05, 0) is 19.8 Å². The van der Waals surface area contributed by atoms with E-state index >= 15 is 0 Å². The van der Waals surface area contributed by atoms with Gasteiger partial charge in [-0.3, -0.25) is 0 Å². The van der Waals surface area contributed by atoms with Crippen molar-refractivity contribution in [3.8, 4) is 0 Å². The molecule has 3 N–H and O–H groups in total. The van der Waals surface area contributed by atoms with Gasteiger partial charge in [0, 0.05) is 6.61 Å². The maximum absolute atomic E-state index is 9.86. The van der Waals surface area contributed by atoms with E-state index in [1.54, 1.807) is 0 Å². The Hall–Kier alpha value is -0.160. The molecular weight excluding hydrogens is 182 g/mol. The second-order valence-electron chi connectivity index (χ2n) is 3.44. The summed E-state index contributed by atoms with van der Waals surface area (Å²) in [5.74, 6) is 0. The average Bonchev–Trinajstić information content (AvgIpc) is 2.18. The van der Waals surface area contributed by atoms with Crippen LogP contribution in [0.1, 0.15) is 33.6 Å². The molecular formula is C10H23NO3. The van der Waals surface area contributed by atoms with Gasteiger partial charge in [-0.1, -0.05) is 13.8 Å². The summed E-state index contributed by atoms with van der Waals surface area (Å²) in [5, 5.41) is 9.86. The standard InChI is InChI=1S/C10H23NO3/c1-4-10(12,5-2)8-13-7-9(11)14-6-3/h9,12H,4-8,11H2,1-3H3. The van der Waals surface area contributed by atoms with Crippen LogP contribution in [0.5, 0.6) is 0 Å². The molecule has 0 fully saturated rings. The highest BCUT2D eigenvalue weighted by atomic mass is 16.5. The third-order valence-corrected chi connectivity index (χ3v) is 2.35. The molecule has 0 radical (unpaired) electrons. The van der Waals surface area contributed by atoms with Crippen LogP contribution in [0.15, 0.2) is 0 Å². The maximum atomic E-state index is 9.86. The highest BCUT2D eigenvalue weighted by Crippen LogP contribution is 2.14. The van der Waals surface area contributed by atoms with Gasteiger partial charge in [0.2, 0.25) is 0 Å². The topological polar surface area (TPSA) is 64.7 Å². The van der Waals surface area contributed by atoms with Crippen LogP contribution in [0.25, 0.3) is 0 Å². The van der Waals surface area contributed by atoms with Crippen LogP contribution < -0.4 is 5.73 Å². The van der Waals surface area contributed by atoms with E-state index < -0.39 is 11.8 Å². The van der Waals surface area contributed by atoms with E-state index in [1.807, 2.05) is 20.8 Å². The van der Waals surface area contributed by atoms with Crippen LogP contribution in [-0.2, 0) is 9.47 Å². The molecule has 0 heterocycles. The van der Waals surface area contributed by atoms with Gasteiger partial charge in [0.25, 0.3) is 0 Å². The van der Waals surface area contributed by atoms with E-state index in [2.05, 4.69) is 0 Å². The molecule has 1 unspecified atom stereocenters. The molecule has 0 saturated carbocycles. The summed E-state index contributed by atoms with van der Waals surface area (Å²) in [6, 6.07) is 0. The molecule has 4 heteroatoms. The summed E-state index contributed by atoms with van der Waals surface area (Å²) in [5.41, 5.74) is 4.85. The Bertz CT molecular complexity index is 137. The lowest BCUT2D eigenvalue weighted by molar-refractivity contribution is -0.0788. The molecule has 86 valence electrons. The van der Waals surface area contributed by atoms with Crippen molar-refractivity contribution in [3.05, 3.63) is 0 Å². The fourth-order valence-corrected chi connectivity index (χ4v) is 1.08. The molecule has 0 aromatic rings. The first kappa shape index (κ1) is 13.8. The zero-order valence-electron chi connectivity index (χ0n) is 9.45. The van der Waals surface area contributed by atoms with Crippen LogP contribution in [0.3, 0.4) is 0 Å². The van der Waals surface area contributed by atoms with Crippen molar-refractivity contribution in [2.24, 2.45) is 5.73 Å². The van der Waals surface area contributed by atoms with Gasteiger partial charge in [-0.25, -0.2) is 0 Å². The van der Waals surface area contributed by atoms with Crippen LogP contribution in [0.4, 0.5) is 0 Å². The van der Waals surface area contributed by atoms with Crippen LogP contribution in [-0.4, -0.2) is 36.8 Å². The number of hydrogen-bond donors (Lipinski definition) is 2. The Balaban J connectivity index is 3.61. The third-order valence-electron chi connectivity index (χ3n) is 2.35. The van der Waals surface area contributed by atoms with Crippen LogP contribution in [0.2, 0.25) is 0 Å². The monoisotopic (exact) mass is 205 g/mol. The average molecular weight is 205 g/mol. The normalized spacial score (nSPS) is 14.4. The third kappa shape index (κ3) is 5.54. The maximum Gasteiger partial charge on any atom is 0.129 e. The van der Waals surface area contributed by atoms with Crippen LogP contribution >= 0.6 is 0 Å². The predicted molar refractivity (Wildman–Crippen MR) is 56.0 cm³/mol. The summed E-state index contributed by atoms with van der Waals surface area (Å²) in [4.78, 5) is 0. The number of nitrogens with two attached hydrogens (primary N) is 1. The van der Waals surface area contributed by atoms with E-state index in [0.717, 1.165) is 0 Å². The number of aliphatic hydroxyl groups is 1. The number of hydrogen-bond acceptors (Lipinski definition) is 4. The lowest BCUT2D eigenvalue weighted by Crippen LogP contribution is -2.36. The zero-order chi connectivity index (χ0) is 11.0. The van der Waals surface area contributed by atoms with Gasteiger partial charge in [-0.2, -0.15) is 0 Å². The summed E-state index contributed by atoms with van der Waals surface area (Å²) in [7, 11) is 0. The first-order chi connectivity index (χ1) is 6.58. The molecule has 0 rings (SSSR count). The summed E-state index contributed by atoms with van der Waals surface area (Å²) < 4.78 is 10.4. The second-order valence-corrected chi connectivity index (χ2v) is 3.44. The van der Waals surface area contributed by atoms with Gasteiger partial charge in [0.1, 0.15) is 6.23 Å². The Morgan fingerprint density at radius 1 is 1.29 bits per heavy atom. The largest absolute Gasteiger partial charge is 0.388 e. The molecule has 0 amide bonds. The SMILES string of the molecule is CCOC(N)COCC(O)(CC)CC. The first-order valence-electron chi connectivity index (χ1n) is 5.25. The van der Waals surface area contributed by atoms with Crippen molar-refractivity contribution in [1.82, 2.24) is 0 Å². The van der Waals surface area contributed by atoms with E-state index in [4.69, 9.17) is 15.2 Å². The minimum atomic E-state index is -0.716. The molecule has 1 atom stereocenters. The van der Waals surface area contributed by atoms with Crippen molar-refractivity contribution in [2.45, 2.75) is 45.4 Å². The van der Waals surface area contributed by atoms with Crippen LogP contribution in [0, 0.1) is 0 Å². The van der Waals surface area contributed by atoms with E-state index in [-0.39, 0.29) is 0 Å². The molecule has 0 aromatic carbocycles. The van der Waals surface area contributed by atoms with Crippen molar-refractivity contribution >= 4 is 0 Å². The van der Waals surface area contributed by atoms with Gasteiger partial charge < -0.3 is 20.3 Å². The molecule has 0 spiro atoms. The first-order valence-corrected chi connectivity index (χ1v) is 5.25. The minimum absolute atomic E-state index is 0.320. The van der Waals surface area contributed by atoms with E-state index in [0.29, 0.717) is 32.7 Å². The molecule has 0 aromatic heterocycles. The smallest absolute Gasteiger partial charge is 0.129 e. The van der Waals surface area contributed by atoms with Gasteiger partial charge in [0.15, 0.2) is 0 Å². The quantitative estimate of drug-likeness (QED) is 0.577. The van der Waals surface area contributed by atoms with Crippen molar-refractivity contribution in [3.63, 3.8) is 0 Å². The highest BCUT2D eigenvalue weighted by molar-refractivity contribution is 4.73.